The minimum Gasteiger partial charge on any atom is -0.497 e. The highest BCUT2D eigenvalue weighted by atomic mass is 32.2. The van der Waals surface area contributed by atoms with Gasteiger partial charge in [0, 0.05) is 19.2 Å². The van der Waals surface area contributed by atoms with Crippen molar-refractivity contribution in [2.24, 2.45) is 0 Å². The van der Waals surface area contributed by atoms with Crippen LogP contribution in [-0.4, -0.2) is 47.0 Å². The largest absolute Gasteiger partial charge is 0.497 e. The van der Waals surface area contributed by atoms with Gasteiger partial charge in [-0.1, -0.05) is 48.5 Å². The number of hydrogen-bond acceptors (Lipinski definition) is 5. The number of ether oxygens (including phenoxy) is 1. The second kappa shape index (κ2) is 11.4. The van der Waals surface area contributed by atoms with Crippen LogP contribution in [-0.2, 0) is 26.0 Å². The molecule has 178 valence electrons. The summed E-state index contributed by atoms with van der Waals surface area (Å²) in [5.41, 5.74) is 1.48. The first-order valence-electron chi connectivity index (χ1n) is 10.6. The maximum absolute atomic E-state index is 13.3. The van der Waals surface area contributed by atoms with Crippen LogP contribution in [0.5, 0.6) is 5.75 Å². The van der Waals surface area contributed by atoms with E-state index in [0.717, 1.165) is 5.56 Å². The molecular formula is C25H27N3O5S. The van der Waals surface area contributed by atoms with Crippen LogP contribution in [0.2, 0.25) is 0 Å². The van der Waals surface area contributed by atoms with E-state index in [4.69, 9.17) is 4.74 Å². The van der Waals surface area contributed by atoms with Gasteiger partial charge in [0.2, 0.25) is 21.8 Å². The monoisotopic (exact) mass is 481 g/mol. The molecule has 0 saturated carbocycles. The van der Waals surface area contributed by atoms with Crippen LogP contribution in [0.3, 0.4) is 0 Å². The van der Waals surface area contributed by atoms with Crippen LogP contribution in [0.4, 0.5) is 5.69 Å². The Bertz CT molecular complexity index is 1200. The lowest BCUT2D eigenvalue weighted by atomic mass is 10.0. The molecule has 3 aromatic carbocycles. The van der Waals surface area contributed by atoms with E-state index in [0.29, 0.717) is 11.4 Å². The van der Waals surface area contributed by atoms with Crippen molar-refractivity contribution in [3.63, 3.8) is 0 Å². The third-order valence-corrected chi connectivity index (χ3v) is 6.60. The summed E-state index contributed by atoms with van der Waals surface area (Å²) < 4.78 is 32.3. The molecule has 8 nitrogen and oxygen atoms in total. The average molecular weight is 482 g/mol. The zero-order chi connectivity index (χ0) is 24.6. The van der Waals surface area contributed by atoms with Crippen LogP contribution in [0, 0.1) is 0 Å². The number of carbonyl (C=O) groups excluding carboxylic acids is 2. The predicted molar refractivity (Wildman–Crippen MR) is 130 cm³/mol. The van der Waals surface area contributed by atoms with Gasteiger partial charge >= 0.3 is 0 Å². The van der Waals surface area contributed by atoms with Crippen molar-refractivity contribution < 1.29 is 22.7 Å². The van der Waals surface area contributed by atoms with E-state index in [-0.39, 0.29) is 17.2 Å². The van der Waals surface area contributed by atoms with Gasteiger partial charge in [-0.3, -0.25) is 9.59 Å². The topological polar surface area (TPSA) is 105 Å². The van der Waals surface area contributed by atoms with Crippen LogP contribution in [0.15, 0.2) is 89.8 Å². The Kier molecular flexibility index (Phi) is 8.39. The van der Waals surface area contributed by atoms with Crippen LogP contribution < -0.4 is 19.7 Å². The average Bonchev–Trinajstić information content (AvgIpc) is 2.87. The van der Waals surface area contributed by atoms with E-state index in [9.17, 15) is 18.0 Å². The SMILES string of the molecule is COc1ccc(N(C)C(=O)[C@H](Cc2ccccc2)NC(=O)CNS(=O)(=O)c2ccccc2)cc1. The number of rotatable bonds is 10. The zero-order valence-electron chi connectivity index (χ0n) is 19.0. The molecule has 0 heterocycles. The Labute approximate surface area is 199 Å². The van der Waals surface area contributed by atoms with E-state index < -0.39 is 28.5 Å². The Morgan fingerprint density at radius 1 is 0.912 bits per heavy atom. The lowest BCUT2D eigenvalue weighted by Crippen LogP contribution is -2.51. The highest BCUT2D eigenvalue weighted by Crippen LogP contribution is 2.19. The molecule has 0 spiro atoms. The van der Waals surface area contributed by atoms with Crippen molar-refractivity contribution in [1.29, 1.82) is 0 Å². The Balaban J connectivity index is 1.73. The van der Waals surface area contributed by atoms with E-state index in [1.807, 2.05) is 30.3 Å². The molecule has 2 amide bonds. The van der Waals surface area contributed by atoms with Gasteiger partial charge in [-0.25, -0.2) is 13.1 Å². The number of anilines is 1. The molecule has 0 fully saturated rings. The summed E-state index contributed by atoms with van der Waals surface area (Å²) in [6.45, 7) is -0.498. The highest BCUT2D eigenvalue weighted by Gasteiger charge is 2.26. The smallest absolute Gasteiger partial charge is 0.249 e. The summed E-state index contributed by atoms with van der Waals surface area (Å²) >= 11 is 0. The number of nitrogens with zero attached hydrogens (tertiary/aromatic N) is 1. The Hall–Kier alpha value is -3.69. The summed E-state index contributed by atoms with van der Waals surface area (Å²) in [4.78, 5) is 27.4. The number of hydrogen-bond donors (Lipinski definition) is 2. The number of amides is 2. The highest BCUT2D eigenvalue weighted by molar-refractivity contribution is 7.89. The molecule has 0 aliphatic heterocycles. The van der Waals surface area contributed by atoms with Gasteiger partial charge in [0.15, 0.2) is 0 Å². The van der Waals surface area contributed by atoms with Crippen molar-refractivity contribution in [2.45, 2.75) is 17.4 Å². The van der Waals surface area contributed by atoms with E-state index >= 15 is 0 Å². The van der Waals surface area contributed by atoms with Crippen molar-refractivity contribution in [1.82, 2.24) is 10.0 Å². The fourth-order valence-corrected chi connectivity index (χ4v) is 4.31. The first kappa shape index (κ1) is 24.9. The molecule has 2 N–H and O–H groups in total. The van der Waals surface area contributed by atoms with Gasteiger partial charge < -0.3 is 15.0 Å². The molecule has 1 atom stereocenters. The molecule has 0 aliphatic rings. The van der Waals surface area contributed by atoms with Crippen molar-refractivity contribution in [2.75, 3.05) is 25.6 Å². The Morgan fingerprint density at radius 3 is 2.09 bits per heavy atom. The summed E-state index contributed by atoms with van der Waals surface area (Å²) in [5.74, 6) is -0.297. The van der Waals surface area contributed by atoms with Crippen LogP contribution >= 0.6 is 0 Å². The number of carbonyl (C=O) groups is 2. The fraction of sp³-hybridized carbons (Fsp3) is 0.200. The second-order valence-electron chi connectivity index (χ2n) is 7.54. The zero-order valence-corrected chi connectivity index (χ0v) is 19.8. The summed E-state index contributed by atoms with van der Waals surface area (Å²) in [6, 6.07) is 23.1. The minimum atomic E-state index is -3.85. The molecule has 0 saturated heterocycles. The van der Waals surface area contributed by atoms with Crippen molar-refractivity contribution in [3.05, 3.63) is 90.5 Å². The molecule has 34 heavy (non-hydrogen) atoms. The molecule has 0 aromatic heterocycles. The maximum atomic E-state index is 13.3. The fourth-order valence-electron chi connectivity index (χ4n) is 3.31. The van der Waals surface area contributed by atoms with Crippen molar-refractivity contribution in [3.8, 4) is 5.75 Å². The van der Waals surface area contributed by atoms with Crippen LogP contribution in [0.1, 0.15) is 5.56 Å². The molecule has 3 aromatic rings. The third-order valence-electron chi connectivity index (χ3n) is 5.18. The number of nitrogens with one attached hydrogen (secondary N) is 2. The normalized spacial score (nSPS) is 11.9. The molecule has 0 aliphatic carbocycles. The van der Waals surface area contributed by atoms with Gasteiger partial charge in [-0.2, -0.15) is 0 Å². The van der Waals surface area contributed by atoms with Gasteiger partial charge in [0.25, 0.3) is 0 Å². The van der Waals surface area contributed by atoms with Gasteiger partial charge in [0.1, 0.15) is 11.8 Å². The Morgan fingerprint density at radius 2 is 1.50 bits per heavy atom. The lowest BCUT2D eigenvalue weighted by molar-refractivity contribution is -0.126. The molecule has 0 unspecified atom stereocenters. The molecule has 3 rings (SSSR count). The first-order chi connectivity index (χ1) is 16.3. The number of benzene rings is 3. The number of sulfonamides is 1. The molecule has 0 radical (unpaired) electrons. The van der Waals surface area contributed by atoms with Gasteiger partial charge in [-0.15, -0.1) is 0 Å². The van der Waals surface area contributed by atoms with Gasteiger partial charge in [0.05, 0.1) is 18.6 Å². The van der Waals surface area contributed by atoms with Crippen LogP contribution in [0.25, 0.3) is 0 Å². The molecule has 0 bridgehead atoms. The molecule has 9 heteroatoms. The van der Waals surface area contributed by atoms with E-state index in [2.05, 4.69) is 10.0 Å². The first-order valence-corrected chi connectivity index (χ1v) is 12.1. The van der Waals surface area contributed by atoms with E-state index in [1.54, 1.807) is 56.6 Å². The number of likely N-dealkylation sites (N-methyl/N-ethyl adjacent to an activating group) is 1. The third kappa shape index (κ3) is 6.66. The summed E-state index contributed by atoms with van der Waals surface area (Å²) in [5, 5.41) is 2.68. The minimum absolute atomic E-state index is 0.0546. The van der Waals surface area contributed by atoms with E-state index in [1.165, 1.54) is 17.0 Å². The molecular weight excluding hydrogens is 454 g/mol. The second-order valence-corrected chi connectivity index (χ2v) is 9.31. The number of methoxy groups -OCH3 is 1. The summed E-state index contributed by atoms with van der Waals surface area (Å²) in [7, 11) is -0.680. The summed E-state index contributed by atoms with van der Waals surface area (Å²) in [6.07, 6.45) is 0.247. The quantitative estimate of drug-likeness (QED) is 0.463. The standard InChI is InChI=1S/C25H27N3O5S/c1-28(20-13-15-21(33-2)16-14-20)25(30)23(17-19-9-5-3-6-10-19)27-24(29)18-26-34(31,32)22-11-7-4-8-12-22/h3-16,23,26H,17-18H2,1-2H3,(H,27,29)/t23-/m0/s1. The maximum Gasteiger partial charge on any atom is 0.249 e. The lowest BCUT2D eigenvalue weighted by Gasteiger charge is -2.25. The van der Waals surface area contributed by atoms with Crippen molar-refractivity contribution >= 4 is 27.5 Å². The predicted octanol–water partition coefficient (Wildman–Crippen LogP) is 2.36. The van der Waals surface area contributed by atoms with Gasteiger partial charge in [-0.05, 0) is 42.0 Å².